The molecule has 5 nitrogen and oxygen atoms in total. The quantitative estimate of drug-likeness (QED) is 0.878. The second kappa shape index (κ2) is 7.00. The molecule has 1 fully saturated rings. The highest BCUT2D eigenvalue weighted by Gasteiger charge is 2.27. The molecule has 1 aliphatic heterocycles. The minimum atomic E-state index is -3.46. The first-order valence-corrected chi connectivity index (χ1v) is 10.1. The van der Waals surface area contributed by atoms with E-state index in [2.05, 4.69) is 5.32 Å². The summed E-state index contributed by atoms with van der Waals surface area (Å²) in [6.07, 6.45) is 0. The number of benzene rings is 1. The molecule has 1 atom stereocenters. The molecule has 1 aliphatic rings. The molecule has 0 radical (unpaired) electrons. The fourth-order valence-corrected chi connectivity index (χ4v) is 5.09. The lowest BCUT2D eigenvalue weighted by molar-refractivity contribution is 0.438. The molecule has 0 aromatic heterocycles. The summed E-state index contributed by atoms with van der Waals surface area (Å²) in [6, 6.07) is 7.21. The van der Waals surface area contributed by atoms with Crippen molar-refractivity contribution in [2.45, 2.75) is 24.8 Å². The van der Waals surface area contributed by atoms with Gasteiger partial charge in [-0.2, -0.15) is 4.31 Å². The van der Waals surface area contributed by atoms with Crippen LogP contribution in [0.1, 0.15) is 25.5 Å². The van der Waals surface area contributed by atoms with Crippen LogP contribution < -0.4 is 5.32 Å². The van der Waals surface area contributed by atoms with Crippen molar-refractivity contribution >= 4 is 20.8 Å². The smallest absolute Gasteiger partial charge is 0.243 e. The molecule has 7 heteroatoms. The second-order valence-electron chi connectivity index (χ2n) is 5.10. The van der Waals surface area contributed by atoms with Crippen LogP contribution >= 0.6 is 0 Å². The van der Waals surface area contributed by atoms with Gasteiger partial charge in [-0.25, -0.2) is 8.42 Å². The SMILES string of the molecule is CCNC(C)c1ccc(S(=O)(=O)N2CCS(=O)CC2)cc1. The molecule has 0 bridgehead atoms. The number of sulfonamides is 1. The topological polar surface area (TPSA) is 66.5 Å². The molecular weight excluding hydrogens is 308 g/mol. The maximum atomic E-state index is 12.5. The summed E-state index contributed by atoms with van der Waals surface area (Å²) < 4.78 is 37.8. The van der Waals surface area contributed by atoms with Crippen molar-refractivity contribution in [2.24, 2.45) is 0 Å². The van der Waals surface area contributed by atoms with E-state index in [0.717, 1.165) is 12.1 Å². The fourth-order valence-electron chi connectivity index (χ4n) is 2.36. The standard InChI is InChI=1S/C14H22N2O3S2/c1-3-15-12(2)13-4-6-14(7-5-13)21(18,19)16-8-10-20(17)11-9-16/h4-7,12,15H,3,8-11H2,1-2H3. The molecule has 1 saturated heterocycles. The monoisotopic (exact) mass is 330 g/mol. The maximum absolute atomic E-state index is 12.5. The van der Waals surface area contributed by atoms with E-state index in [4.69, 9.17) is 0 Å². The zero-order valence-corrected chi connectivity index (χ0v) is 14.0. The summed E-state index contributed by atoms with van der Waals surface area (Å²) in [7, 11) is -4.34. The minimum Gasteiger partial charge on any atom is -0.310 e. The largest absolute Gasteiger partial charge is 0.310 e. The van der Waals surface area contributed by atoms with Gasteiger partial charge in [0.2, 0.25) is 10.0 Å². The Morgan fingerprint density at radius 2 is 1.81 bits per heavy atom. The normalized spacial score (nSPS) is 19.5. The van der Waals surface area contributed by atoms with E-state index < -0.39 is 20.8 Å². The Balaban J connectivity index is 2.15. The predicted octanol–water partition coefficient (Wildman–Crippen LogP) is 1.11. The Kier molecular flexibility index (Phi) is 5.54. The third kappa shape index (κ3) is 3.91. The van der Waals surface area contributed by atoms with Crippen molar-refractivity contribution in [3.8, 4) is 0 Å². The molecule has 118 valence electrons. The number of rotatable bonds is 5. The van der Waals surface area contributed by atoms with Gasteiger partial charge in [-0.1, -0.05) is 19.1 Å². The number of hydrogen-bond acceptors (Lipinski definition) is 4. The molecular formula is C14H22N2O3S2. The van der Waals surface area contributed by atoms with Gasteiger partial charge in [0.25, 0.3) is 0 Å². The van der Waals surface area contributed by atoms with Crippen LogP contribution in [0.4, 0.5) is 0 Å². The van der Waals surface area contributed by atoms with Crippen molar-refractivity contribution in [2.75, 3.05) is 31.1 Å². The zero-order chi connectivity index (χ0) is 15.5. The Bertz CT molecular complexity index is 589. The van der Waals surface area contributed by atoms with E-state index in [1.807, 2.05) is 26.0 Å². The van der Waals surface area contributed by atoms with E-state index in [-0.39, 0.29) is 6.04 Å². The van der Waals surface area contributed by atoms with Crippen LogP contribution in [0.15, 0.2) is 29.2 Å². The van der Waals surface area contributed by atoms with E-state index in [1.54, 1.807) is 12.1 Å². The molecule has 0 spiro atoms. The molecule has 2 rings (SSSR count). The fraction of sp³-hybridized carbons (Fsp3) is 0.571. The summed E-state index contributed by atoms with van der Waals surface area (Å²) in [4.78, 5) is 0.308. The van der Waals surface area contributed by atoms with E-state index in [9.17, 15) is 12.6 Å². The van der Waals surface area contributed by atoms with E-state index in [0.29, 0.717) is 29.5 Å². The minimum absolute atomic E-state index is 0.198. The number of nitrogens with one attached hydrogen (secondary N) is 1. The Hall–Kier alpha value is -0.760. The van der Waals surface area contributed by atoms with Crippen molar-refractivity contribution in [1.29, 1.82) is 0 Å². The summed E-state index contributed by atoms with van der Waals surface area (Å²) in [5.74, 6) is 0.851. The average Bonchev–Trinajstić information content (AvgIpc) is 2.48. The summed E-state index contributed by atoms with van der Waals surface area (Å²) in [5.41, 5.74) is 1.07. The molecule has 21 heavy (non-hydrogen) atoms. The highest BCUT2D eigenvalue weighted by Crippen LogP contribution is 2.20. The van der Waals surface area contributed by atoms with Crippen LogP contribution in [0.3, 0.4) is 0 Å². The lowest BCUT2D eigenvalue weighted by atomic mass is 10.1. The summed E-state index contributed by atoms with van der Waals surface area (Å²) in [5, 5.41) is 3.29. The van der Waals surface area contributed by atoms with Crippen molar-refractivity contribution in [3.63, 3.8) is 0 Å². The highest BCUT2D eigenvalue weighted by atomic mass is 32.2. The molecule has 1 aromatic rings. The molecule has 1 unspecified atom stereocenters. The van der Waals surface area contributed by atoms with Gasteiger partial charge in [0, 0.05) is 41.4 Å². The average molecular weight is 330 g/mol. The van der Waals surface area contributed by atoms with Gasteiger partial charge in [-0.15, -0.1) is 0 Å². The van der Waals surface area contributed by atoms with Crippen molar-refractivity contribution < 1.29 is 12.6 Å². The van der Waals surface area contributed by atoms with E-state index >= 15 is 0 Å². The van der Waals surface area contributed by atoms with Gasteiger partial charge < -0.3 is 5.32 Å². The van der Waals surface area contributed by atoms with E-state index in [1.165, 1.54) is 4.31 Å². The van der Waals surface area contributed by atoms with Crippen LogP contribution in [0, 0.1) is 0 Å². The number of nitrogens with zero attached hydrogens (tertiary/aromatic N) is 1. The molecule has 0 aliphatic carbocycles. The van der Waals surface area contributed by atoms with Crippen LogP contribution in [-0.4, -0.2) is 48.1 Å². The second-order valence-corrected chi connectivity index (χ2v) is 8.73. The predicted molar refractivity (Wildman–Crippen MR) is 85.2 cm³/mol. The van der Waals surface area contributed by atoms with Crippen LogP contribution in [0.2, 0.25) is 0 Å². The van der Waals surface area contributed by atoms with Gasteiger partial charge in [0.05, 0.1) is 4.90 Å². The molecule has 1 heterocycles. The Morgan fingerprint density at radius 3 is 2.33 bits per heavy atom. The van der Waals surface area contributed by atoms with Gasteiger partial charge in [-0.3, -0.25) is 4.21 Å². The zero-order valence-electron chi connectivity index (χ0n) is 12.4. The molecule has 0 amide bonds. The molecule has 0 saturated carbocycles. The van der Waals surface area contributed by atoms with Crippen molar-refractivity contribution in [3.05, 3.63) is 29.8 Å². The van der Waals surface area contributed by atoms with Crippen LogP contribution in [-0.2, 0) is 20.8 Å². The van der Waals surface area contributed by atoms with Gasteiger partial charge in [0.15, 0.2) is 0 Å². The maximum Gasteiger partial charge on any atom is 0.243 e. The van der Waals surface area contributed by atoms with Crippen LogP contribution in [0.5, 0.6) is 0 Å². The van der Waals surface area contributed by atoms with Gasteiger partial charge in [-0.05, 0) is 31.2 Å². The molecule has 1 aromatic carbocycles. The lowest BCUT2D eigenvalue weighted by Crippen LogP contribution is -2.41. The first kappa shape index (κ1) is 16.6. The lowest BCUT2D eigenvalue weighted by Gasteiger charge is -2.25. The van der Waals surface area contributed by atoms with Gasteiger partial charge in [0.1, 0.15) is 0 Å². The molecule has 1 N–H and O–H groups in total. The Morgan fingerprint density at radius 1 is 1.24 bits per heavy atom. The first-order valence-electron chi connectivity index (χ1n) is 7.13. The third-order valence-electron chi connectivity index (χ3n) is 3.66. The first-order chi connectivity index (χ1) is 9.95. The van der Waals surface area contributed by atoms with Gasteiger partial charge >= 0.3 is 0 Å². The summed E-state index contributed by atoms with van der Waals surface area (Å²) >= 11 is 0. The summed E-state index contributed by atoms with van der Waals surface area (Å²) in [6.45, 7) is 5.63. The highest BCUT2D eigenvalue weighted by molar-refractivity contribution is 7.89. The van der Waals surface area contributed by atoms with Crippen LogP contribution in [0.25, 0.3) is 0 Å². The number of hydrogen-bond donors (Lipinski definition) is 1. The third-order valence-corrected chi connectivity index (χ3v) is 6.85. The van der Waals surface area contributed by atoms with Crippen molar-refractivity contribution in [1.82, 2.24) is 9.62 Å². The Labute approximate surface area is 129 Å².